The molecular weight excluding hydrogens is 299 g/mol. The molecule has 2 N–H and O–H groups in total. The molecule has 7 heteroatoms. The van der Waals surface area contributed by atoms with Gasteiger partial charge >= 0.3 is 5.97 Å². The second-order valence-electron chi connectivity index (χ2n) is 5.04. The average molecular weight is 315 g/mol. The molecule has 0 spiro atoms. The number of carbonyl (C=O) groups is 2. The van der Waals surface area contributed by atoms with Crippen LogP contribution in [0.2, 0.25) is 5.02 Å². The van der Waals surface area contributed by atoms with E-state index < -0.39 is 11.8 Å². The SMILES string of the molecule is O=C(O)CC1CCCN1CC(=O)Nc1ccc(F)cc1Cl. The summed E-state index contributed by atoms with van der Waals surface area (Å²) in [5.41, 5.74) is 0.344. The number of rotatable bonds is 5. The molecule has 0 aromatic heterocycles. The summed E-state index contributed by atoms with van der Waals surface area (Å²) < 4.78 is 12.9. The van der Waals surface area contributed by atoms with Gasteiger partial charge in [0.1, 0.15) is 5.82 Å². The zero-order valence-electron chi connectivity index (χ0n) is 11.3. The molecule has 1 aliphatic rings. The molecule has 0 saturated carbocycles. The van der Waals surface area contributed by atoms with Crippen LogP contribution in [0.25, 0.3) is 0 Å². The first-order valence-corrected chi connectivity index (χ1v) is 7.04. The molecule has 21 heavy (non-hydrogen) atoms. The maximum atomic E-state index is 12.9. The Balaban J connectivity index is 1.93. The number of nitrogens with one attached hydrogen (secondary N) is 1. The van der Waals surface area contributed by atoms with Crippen molar-refractivity contribution in [1.82, 2.24) is 4.90 Å². The number of benzene rings is 1. The third-order valence-electron chi connectivity index (χ3n) is 3.46. The Bertz CT molecular complexity index is 553. The van der Waals surface area contributed by atoms with E-state index in [2.05, 4.69) is 5.32 Å². The van der Waals surface area contributed by atoms with Crippen LogP contribution in [0, 0.1) is 5.82 Å². The standard InChI is InChI=1S/C14H16ClFN2O3/c15-11-6-9(16)3-4-12(11)17-13(19)8-18-5-1-2-10(18)7-14(20)21/h3-4,6,10H,1-2,5,7-8H2,(H,17,19)(H,20,21). The van der Waals surface area contributed by atoms with Crippen LogP contribution in [0.3, 0.4) is 0 Å². The lowest BCUT2D eigenvalue weighted by molar-refractivity contribution is -0.138. The Morgan fingerprint density at radius 2 is 2.24 bits per heavy atom. The van der Waals surface area contributed by atoms with Crippen molar-refractivity contribution in [2.45, 2.75) is 25.3 Å². The summed E-state index contributed by atoms with van der Waals surface area (Å²) in [6.45, 7) is 0.800. The summed E-state index contributed by atoms with van der Waals surface area (Å²) in [5.74, 6) is -1.63. The van der Waals surface area contributed by atoms with Gasteiger partial charge in [0.15, 0.2) is 0 Å². The Morgan fingerprint density at radius 1 is 1.48 bits per heavy atom. The first kappa shape index (κ1) is 15.7. The maximum Gasteiger partial charge on any atom is 0.304 e. The lowest BCUT2D eigenvalue weighted by atomic mass is 10.1. The van der Waals surface area contributed by atoms with Gasteiger partial charge in [-0.2, -0.15) is 0 Å². The van der Waals surface area contributed by atoms with E-state index in [1.54, 1.807) is 0 Å². The molecule has 1 aromatic rings. The normalized spacial score (nSPS) is 18.7. The van der Waals surface area contributed by atoms with Crippen LogP contribution in [-0.4, -0.2) is 41.0 Å². The predicted molar refractivity (Wildman–Crippen MR) is 76.9 cm³/mol. The van der Waals surface area contributed by atoms with E-state index in [1.165, 1.54) is 12.1 Å². The van der Waals surface area contributed by atoms with Crippen molar-refractivity contribution >= 4 is 29.2 Å². The molecule has 1 unspecified atom stereocenters. The summed E-state index contributed by atoms with van der Waals surface area (Å²) in [6.07, 6.45) is 1.68. The van der Waals surface area contributed by atoms with Crippen molar-refractivity contribution in [3.05, 3.63) is 29.0 Å². The van der Waals surface area contributed by atoms with Crippen molar-refractivity contribution in [3.8, 4) is 0 Å². The van der Waals surface area contributed by atoms with Gasteiger partial charge in [0.2, 0.25) is 5.91 Å². The molecule has 0 aliphatic carbocycles. The van der Waals surface area contributed by atoms with Crippen molar-refractivity contribution in [1.29, 1.82) is 0 Å². The summed E-state index contributed by atoms with van der Waals surface area (Å²) in [6, 6.07) is 3.62. The number of hydrogen-bond donors (Lipinski definition) is 2. The van der Waals surface area contributed by atoms with Crippen molar-refractivity contribution in [2.75, 3.05) is 18.4 Å². The van der Waals surface area contributed by atoms with Gasteiger partial charge in [0.05, 0.1) is 23.7 Å². The molecule has 1 fully saturated rings. The Hall–Kier alpha value is -1.66. The average Bonchev–Trinajstić information content (AvgIpc) is 2.79. The Kier molecular flexibility index (Phi) is 5.14. The molecular formula is C14H16ClFN2O3. The van der Waals surface area contributed by atoms with E-state index in [4.69, 9.17) is 16.7 Å². The van der Waals surface area contributed by atoms with E-state index in [1.807, 2.05) is 4.90 Å². The van der Waals surface area contributed by atoms with Gasteiger partial charge in [-0.25, -0.2) is 4.39 Å². The number of likely N-dealkylation sites (tertiary alicyclic amines) is 1. The lowest BCUT2D eigenvalue weighted by Gasteiger charge is -2.22. The molecule has 1 aromatic carbocycles. The summed E-state index contributed by atoms with van der Waals surface area (Å²) >= 11 is 5.84. The van der Waals surface area contributed by atoms with Crippen LogP contribution in [0.1, 0.15) is 19.3 Å². The molecule has 1 aliphatic heterocycles. The largest absolute Gasteiger partial charge is 0.481 e. The minimum absolute atomic E-state index is 0.0323. The fourth-order valence-corrected chi connectivity index (χ4v) is 2.72. The van der Waals surface area contributed by atoms with Gasteiger partial charge < -0.3 is 10.4 Å². The topological polar surface area (TPSA) is 69.6 Å². The Labute approximate surface area is 126 Å². The molecule has 1 atom stereocenters. The van der Waals surface area contributed by atoms with E-state index in [-0.39, 0.29) is 29.9 Å². The number of halogens is 2. The van der Waals surface area contributed by atoms with Crippen LogP contribution in [0.5, 0.6) is 0 Å². The van der Waals surface area contributed by atoms with E-state index in [0.29, 0.717) is 12.2 Å². The third kappa shape index (κ3) is 4.41. The number of hydrogen-bond acceptors (Lipinski definition) is 3. The molecule has 1 amide bonds. The lowest BCUT2D eigenvalue weighted by Crippen LogP contribution is -2.37. The summed E-state index contributed by atoms with van der Waals surface area (Å²) in [4.78, 5) is 24.6. The zero-order chi connectivity index (χ0) is 15.4. The van der Waals surface area contributed by atoms with Crippen molar-refractivity contribution in [2.24, 2.45) is 0 Å². The molecule has 0 radical (unpaired) electrons. The highest BCUT2D eigenvalue weighted by Crippen LogP contribution is 2.23. The molecule has 0 bridgehead atoms. The van der Waals surface area contributed by atoms with E-state index >= 15 is 0 Å². The minimum Gasteiger partial charge on any atom is -0.481 e. The van der Waals surface area contributed by atoms with Crippen LogP contribution >= 0.6 is 11.6 Å². The van der Waals surface area contributed by atoms with Crippen molar-refractivity contribution in [3.63, 3.8) is 0 Å². The second-order valence-corrected chi connectivity index (χ2v) is 5.44. The number of carboxylic acid groups (broad SMARTS) is 1. The van der Waals surface area contributed by atoms with Crippen LogP contribution in [-0.2, 0) is 9.59 Å². The first-order valence-electron chi connectivity index (χ1n) is 6.66. The second kappa shape index (κ2) is 6.87. The van der Waals surface area contributed by atoms with Gasteiger partial charge in [0.25, 0.3) is 0 Å². The fraction of sp³-hybridized carbons (Fsp3) is 0.429. The quantitative estimate of drug-likeness (QED) is 0.875. The summed E-state index contributed by atoms with van der Waals surface area (Å²) in [7, 11) is 0. The number of anilines is 1. The molecule has 114 valence electrons. The molecule has 2 rings (SSSR count). The monoisotopic (exact) mass is 314 g/mol. The number of amides is 1. The smallest absolute Gasteiger partial charge is 0.304 e. The fourth-order valence-electron chi connectivity index (χ4n) is 2.50. The van der Waals surface area contributed by atoms with Gasteiger partial charge in [0, 0.05) is 6.04 Å². The molecule has 1 heterocycles. The highest BCUT2D eigenvalue weighted by Gasteiger charge is 2.28. The van der Waals surface area contributed by atoms with Gasteiger partial charge in [-0.05, 0) is 37.6 Å². The van der Waals surface area contributed by atoms with Crippen LogP contribution in [0.4, 0.5) is 10.1 Å². The summed E-state index contributed by atoms with van der Waals surface area (Å²) in [5, 5.41) is 11.6. The maximum absolute atomic E-state index is 12.9. The van der Waals surface area contributed by atoms with Crippen LogP contribution < -0.4 is 5.32 Å². The highest BCUT2D eigenvalue weighted by atomic mass is 35.5. The van der Waals surface area contributed by atoms with E-state index in [0.717, 1.165) is 18.9 Å². The van der Waals surface area contributed by atoms with Crippen molar-refractivity contribution < 1.29 is 19.1 Å². The number of carboxylic acids is 1. The highest BCUT2D eigenvalue weighted by molar-refractivity contribution is 6.33. The number of aliphatic carboxylic acids is 1. The number of carbonyl (C=O) groups excluding carboxylic acids is 1. The van der Waals surface area contributed by atoms with Gasteiger partial charge in [-0.3, -0.25) is 14.5 Å². The van der Waals surface area contributed by atoms with Crippen LogP contribution in [0.15, 0.2) is 18.2 Å². The van der Waals surface area contributed by atoms with Gasteiger partial charge in [-0.15, -0.1) is 0 Å². The minimum atomic E-state index is -0.867. The molecule has 1 saturated heterocycles. The zero-order valence-corrected chi connectivity index (χ0v) is 12.1. The number of nitrogens with zero attached hydrogens (tertiary/aromatic N) is 1. The van der Waals surface area contributed by atoms with Gasteiger partial charge in [-0.1, -0.05) is 11.6 Å². The third-order valence-corrected chi connectivity index (χ3v) is 3.77. The predicted octanol–water partition coefficient (Wildman–Crippen LogP) is 2.36. The Morgan fingerprint density at radius 3 is 2.90 bits per heavy atom. The molecule has 5 nitrogen and oxygen atoms in total. The first-order chi connectivity index (χ1) is 9.95. The van der Waals surface area contributed by atoms with E-state index in [9.17, 15) is 14.0 Å².